The van der Waals surface area contributed by atoms with Gasteiger partial charge in [-0.15, -0.1) is 11.3 Å². The van der Waals surface area contributed by atoms with Crippen LogP contribution in [0.2, 0.25) is 0 Å². The predicted molar refractivity (Wildman–Crippen MR) is 226 cm³/mol. The lowest BCUT2D eigenvalue weighted by molar-refractivity contribution is 0.660. The minimum Gasteiger partial charge on any atom is -0.236 e. The molecule has 0 aliphatic heterocycles. The maximum atomic E-state index is 5.25. The van der Waals surface area contributed by atoms with Gasteiger partial charge >= 0.3 is 0 Å². The molecule has 0 amide bonds. The number of hydrogen-bond donors (Lipinski definition) is 0. The van der Waals surface area contributed by atoms with Crippen LogP contribution in [0.1, 0.15) is 49.9 Å². The normalized spacial score (nSPS) is 14.7. The highest BCUT2D eigenvalue weighted by molar-refractivity contribution is 7.21. The highest BCUT2D eigenvalue weighted by Crippen LogP contribution is 2.53. The third-order valence-electron chi connectivity index (χ3n) is 12.3. The van der Waals surface area contributed by atoms with Crippen LogP contribution in [0.15, 0.2) is 152 Å². The molecule has 2 aliphatic carbocycles. The minimum absolute atomic E-state index is 0.0422. The highest BCUT2D eigenvalue weighted by Gasteiger charge is 2.36. The van der Waals surface area contributed by atoms with Gasteiger partial charge in [0, 0.05) is 16.4 Å². The van der Waals surface area contributed by atoms with Crippen molar-refractivity contribution in [3.05, 3.63) is 174 Å². The molecule has 0 radical (unpaired) electrons. The lowest BCUT2D eigenvalue weighted by atomic mass is 9.81. The number of fused-ring (bicyclic) bond motifs is 9. The molecule has 2 aliphatic rings. The lowest BCUT2D eigenvalue weighted by Gasteiger charge is -2.22. The van der Waals surface area contributed by atoms with Crippen LogP contribution in [0.25, 0.3) is 86.8 Å². The van der Waals surface area contributed by atoms with Gasteiger partial charge in [0.15, 0.2) is 0 Å². The van der Waals surface area contributed by atoms with E-state index >= 15 is 0 Å². The Morgan fingerprint density at radius 2 is 0.943 bits per heavy atom. The fourth-order valence-corrected chi connectivity index (χ4v) is 10.7. The van der Waals surface area contributed by atoms with Gasteiger partial charge in [-0.2, -0.15) is 0 Å². The molecule has 1 aromatic heterocycles. The molecule has 2 heteroatoms. The summed E-state index contributed by atoms with van der Waals surface area (Å²) in [7, 11) is 0. The van der Waals surface area contributed by atoms with Crippen LogP contribution in [0.4, 0.5) is 0 Å². The molecule has 252 valence electrons. The maximum Gasteiger partial charge on any atom is 0.125 e. The van der Waals surface area contributed by atoms with E-state index in [1.165, 1.54) is 98.6 Å². The number of thiazole rings is 1. The number of benzene rings is 8. The molecule has 11 rings (SSSR count). The molecule has 0 atom stereocenters. The van der Waals surface area contributed by atoms with E-state index in [0.717, 1.165) is 10.5 Å². The average molecular weight is 696 g/mol. The molecular formula is C51H37NS. The van der Waals surface area contributed by atoms with E-state index in [1.54, 1.807) is 11.3 Å². The third kappa shape index (κ3) is 4.27. The van der Waals surface area contributed by atoms with E-state index in [0.29, 0.717) is 0 Å². The summed E-state index contributed by atoms with van der Waals surface area (Å²) in [6.07, 6.45) is 0. The highest BCUT2D eigenvalue weighted by atomic mass is 32.1. The number of nitrogens with zero attached hydrogens (tertiary/aromatic N) is 1. The van der Waals surface area contributed by atoms with E-state index in [-0.39, 0.29) is 10.8 Å². The van der Waals surface area contributed by atoms with Crippen molar-refractivity contribution in [2.45, 2.75) is 38.5 Å². The van der Waals surface area contributed by atoms with Gasteiger partial charge in [0.05, 0.1) is 10.2 Å². The van der Waals surface area contributed by atoms with E-state index < -0.39 is 0 Å². The number of rotatable bonds is 3. The fourth-order valence-electron chi connectivity index (χ4n) is 9.64. The Balaban J connectivity index is 1.20. The van der Waals surface area contributed by atoms with Gasteiger partial charge in [-0.25, -0.2) is 4.98 Å². The van der Waals surface area contributed by atoms with Crippen LogP contribution in [-0.2, 0) is 10.8 Å². The molecular weight excluding hydrogens is 659 g/mol. The van der Waals surface area contributed by atoms with Crippen molar-refractivity contribution in [2.24, 2.45) is 0 Å². The van der Waals surface area contributed by atoms with Gasteiger partial charge in [0.2, 0.25) is 0 Å². The summed E-state index contributed by atoms with van der Waals surface area (Å²) in [4.78, 5) is 5.25. The molecule has 1 heterocycles. The van der Waals surface area contributed by atoms with E-state index in [4.69, 9.17) is 4.98 Å². The molecule has 0 N–H and O–H groups in total. The SMILES string of the molecule is CC1(C)c2ccccc2-c2cc(-c3c4ccccc4c(-c4nc5ccccc5s4)c4ccc(-c5ccc6c(c5)C(C)(C)c5ccccc5-6)cc34)ccc21. The second-order valence-electron chi connectivity index (χ2n) is 15.9. The van der Waals surface area contributed by atoms with Crippen LogP contribution < -0.4 is 0 Å². The van der Waals surface area contributed by atoms with E-state index in [9.17, 15) is 0 Å². The summed E-state index contributed by atoms with van der Waals surface area (Å²) in [6.45, 7) is 9.45. The van der Waals surface area contributed by atoms with Gasteiger partial charge in [-0.05, 0) is 119 Å². The van der Waals surface area contributed by atoms with Crippen molar-refractivity contribution in [1.29, 1.82) is 0 Å². The van der Waals surface area contributed by atoms with Crippen molar-refractivity contribution in [3.63, 3.8) is 0 Å². The first-order valence-electron chi connectivity index (χ1n) is 18.6. The van der Waals surface area contributed by atoms with Gasteiger partial charge in [0.1, 0.15) is 5.01 Å². The molecule has 0 bridgehead atoms. The lowest BCUT2D eigenvalue weighted by Crippen LogP contribution is -2.14. The molecule has 0 saturated carbocycles. The molecule has 8 aromatic carbocycles. The second-order valence-corrected chi connectivity index (χ2v) is 16.9. The molecule has 0 spiro atoms. The van der Waals surface area contributed by atoms with E-state index in [1.807, 2.05) is 0 Å². The molecule has 0 saturated heterocycles. The maximum absolute atomic E-state index is 5.25. The summed E-state index contributed by atoms with van der Waals surface area (Å²) in [5.41, 5.74) is 18.1. The summed E-state index contributed by atoms with van der Waals surface area (Å²) in [5.74, 6) is 0. The van der Waals surface area contributed by atoms with Crippen molar-refractivity contribution < 1.29 is 0 Å². The molecule has 9 aromatic rings. The minimum atomic E-state index is -0.0609. The topological polar surface area (TPSA) is 12.9 Å². The monoisotopic (exact) mass is 695 g/mol. The van der Waals surface area contributed by atoms with Gasteiger partial charge in [-0.3, -0.25) is 0 Å². The molecule has 0 unspecified atom stereocenters. The first-order chi connectivity index (χ1) is 25.8. The molecule has 53 heavy (non-hydrogen) atoms. The summed E-state index contributed by atoms with van der Waals surface area (Å²) in [5, 5.41) is 6.04. The predicted octanol–water partition coefficient (Wildman–Crippen LogP) is 14.2. The first kappa shape index (κ1) is 30.8. The van der Waals surface area contributed by atoms with Crippen LogP contribution in [0, 0.1) is 0 Å². The Labute approximate surface area is 314 Å². The number of aromatic nitrogens is 1. The van der Waals surface area contributed by atoms with Crippen LogP contribution in [0.5, 0.6) is 0 Å². The summed E-state index contributed by atoms with van der Waals surface area (Å²) < 4.78 is 1.21. The second kappa shape index (κ2) is 10.9. The van der Waals surface area contributed by atoms with Gasteiger partial charge in [-0.1, -0.05) is 149 Å². The first-order valence-corrected chi connectivity index (χ1v) is 19.4. The number of para-hydroxylation sites is 1. The van der Waals surface area contributed by atoms with Crippen LogP contribution in [-0.4, -0.2) is 4.98 Å². The Bertz CT molecular complexity index is 2980. The summed E-state index contributed by atoms with van der Waals surface area (Å²) in [6, 6.07) is 56.8. The zero-order valence-electron chi connectivity index (χ0n) is 30.3. The van der Waals surface area contributed by atoms with Gasteiger partial charge in [0.25, 0.3) is 0 Å². The third-order valence-corrected chi connectivity index (χ3v) is 13.4. The van der Waals surface area contributed by atoms with Crippen molar-refractivity contribution >= 4 is 43.1 Å². The Kier molecular flexibility index (Phi) is 6.30. The molecule has 1 nitrogen and oxygen atoms in total. The largest absolute Gasteiger partial charge is 0.236 e. The summed E-state index contributed by atoms with van der Waals surface area (Å²) >= 11 is 1.79. The quantitative estimate of drug-likeness (QED) is 0.168. The van der Waals surface area contributed by atoms with Crippen molar-refractivity contribution in [1.82, 2.24) is 4.98 Å². The standard InChI is InChI=1S/C51H37NS/c1-50(2)42-18-10-8-14-34(42)39-28-32(23-26-43(39)50)47-36-15-5-6-16-37(36)48(49-52-45-19-11-12-20-46(45)53-49)38-25-22-30(27-40(38)47)31-21-24-35-33-13-7-9-17-41(33)51(3,4)44(35)29-31/h5-29H,1-4H3. The van der Waals surface area contributed by atoms with E-state index in [2.05, 4.69) is 179 Å². The molecule has 0 fully saturated rings. The smallest absolute Gasteiger partial charge is 0.125 e. The zero-order chi connectivity index (χ0) is 35.6. The fraction of sp³-hybridized carbons (Fsp3) is 0.118. The van der Waals surface area contributed by atoms with Crippen molar-refractivity contribution in [3.8, 4) is 55.1 Å². The number of hydrogen-bond acceptors (Lipinski definition) is 2. The van der Waals surface area contributed by atoms with Crippen LogP contribution >= 0.6 is 11.3 Å². The Morgan fingerprint density at radius 1 is 0.396 bits per heavy atom. The average Bonchev–Trinajstić information content (AvgIpc) is 3.79. The van der Waals surface area contributed by atoms with Gasteiger partial charge < -0.3 is 0 Å². The van der Waals surface area contributed by atoms with Crippen LogP contribution in [0.3, 0.4) is 0 Å². The zero-order valence-corrected chi connectivity index (χ0v) is 31.1. The Hall–Kier alpha value is -5.83. The van der Waals surface area contributed by atoms with Crippen molar-refractivity contribution in [2.75, 3.05) is 0 Å². The Morgan fingerprint density at radius 3 is 1.72 bits per heavy atom.